The molecule has 2 aromatic rings. The van der Waals surface area contributed by atoms with Gasteiger partial charge in [0.15, 0.2) is 0 Å². The van der Waals surface area contributed by atoms with Gasteiger partial charge in [-0.1, -0.05) is 29.3 Å². The third kappa shape index (κ3) is 2.97. The summed E-state index contributed by atoms with van der Waals surface area (Å²) in [7, 11) is 0. The SMILES string of the molecule is O=C(Nc1cccc(Cl)c1Cl)c1ccc(O)cc1F. The number of rotatable bonds is 2. The van der Waals surface area contributed by atoms with Gasteiger partial charge in [0, 0.05) is 6.07 Å². The van der Waals surface area contributed by atoms with E-state index in [4.69, 9.17) is 28.3 Å². The average Bonchev–Trinajstić information content (AvgIpc) is 2.34. The Labute approximate surface area is 118 Å². The molecule has 0 aliphatic carbocycles. The molecule has 2 rings (SSSR count). The number of benzene rings is 2. The number of nitrogens with one attached hydrogen (secondary N) is 1. The van der Waals surface area contributed by atoms with Crippen LogP contribution in [0.4, 0.5) is 10.1 Å². The van der Waals surface area contributed by atoms with Gasteiger partial charge in [-0.05, 0) is 24.3 Å². The van der Waals surface area contributed by atoms with E-state index in [-0.39, 0.29) is 27.0 Å². The molecule has 0 fully saturated rings. The van der Waals surface area contributed by atoms with Gasteiger partial charge >= 0.3 is 0 Å². The number of phenolic OH excluding ortho intramolecular Hbond substituents is 1. The standard InChI is InChI=1S/C13H8Cl2FNO2/c14-9-2-1-3-11(12(9)15)17-13(19)8-5-4-7(18)6-10(8)16/h1-6,18H,(H,17,19). The number of phenols is 1. The minimum Gasteiger partial charge on any atom is -0.508 e. The highest BCUT2D eigenvalue weighted by Crippen LogP contribution is 2.30. The molecule has 98 valence electrons. The molecule has 0 aliphatic rings. The van der Waals surface area contributed by atoms with Gasteiger partial charge in [0.25, 0.3) is 5.91 Å². The molecular weight excluding hydrogens is 292 g/mol. The van der Waals surface area contributed by atoms with Crippen molar-refractivity contribution in [3.8, 4) is 5.75 Å². The van der Waals surface area contributed by atoms with Crippen LogP contribution in [-0.4, -0.2) is 11.0 Å². The lowest BCUT2D eigenvalue weighted by Crippen LogP contribution is -2.14. The Morgan fingerprint density at radius 2 is 1.95 bits per heavy atom. The monoisotopic (exact) mass is 299 g/mol. The molecule has 0 aliphatic heterocycles. The van der Waals surface area contributed by atoms with Crippen LogP contribution in [0.2, 0.25) is 10.0 Å². The summed E-state index contributed by atoms with van der Waals surface area (Å²) in [5.41, 5.74) is 0.0838. The topological polar surface area (TPSA) is 49.3 Å². The zero-order valence-corrected chi connectivity index (χ0v) is 11.0. The second kappa shape index (κ2) is 5.47. The van der Waals surface area contributed by atoms with Gasteiger partial charge in [-0.25, -0.2) is 4.39 Å². The van der Waals surface area contributed by atoms with Crippen LogP contribution in [0.15, 0.2) is 36.4 Å². The maximum absolute atomic E-state index is 13.5. The fraction of sp³-hybridized carbons (Fsp3) is 0. The molecule has 0 spiro atoms. The van der Waals surface area contributed by atoms with E-state index in [1.807, 2.05) is 0 Å². The number of carbonyl (C=O) groups is 1. The van der Waals surface area contributed by atoms with Crippen molar-refractivity contribution in [1.82, 2.24) is 0 Å². The van der Waals surface area contributed by atoms with E-state index >= 15 is 0 Å². The normalized spacial score (nSPS) is 10.3. The number of anilines is 1. The van der Waals surface area contributed by atoms with Gasteiger partial charge < -0.3 is 10.4 Å². The summed E-state index contributed by atoms with van der Waals surface area (Å²) in [4.78, 5) is 11.9. The minimum atomic E-state index is -0.823. The van der Waals surface area contributed by atoms with Gasteiger partial charge in [0.05, 0.1) is 21.3 Å². The zero-order valence-electron chi connectivity index (χ0n) is 9.45. The van der Waals surface area contributed by atoms with Crippen LogP contribution in [0.25, 0.3) is 0 Å². The first-order chi connectivity index (χ1) is 8.99. The number of hydrogen-bond donors (Lipinski definition) is 2. The Bertz CT molecular complexity index is 647. The third-order valence-corrected chi connectivity index (χ3v) is 3.22. The van der Waals surface area contributed by atoms with Crippen molar-refractivity contribution >= 4 is 34.8 Å². The summed E-state index contributed by atoms with van der Waals surface area (Å²) < 4.78 is 13.5. The molecule has 2 N–H and O–H groups in total. The van der Waals surface area contributed by atoms with Crippen LogP contribution in [0.5, 0.6) is 5.75 Å². The Morgan fingerprint density at radius 3 is 2.63 bits per heavy atom. The molecule has 1 amide bonds. The smallest absolute Gasteiger partial charge is 0.258 e. The number of aromatic hydroxyl groups is 1. The lowest BCUT2D eigenvalue weighted by atomic mass is 10.2. The molecule has 0 saturated heterocycles. The summed E-state index contributed by atoms with van der Waals surface area (Å²) in [6, 6.07) is 7.98. The predicted molar refractivity (Wildman–Crippen MR) is 72.5 cm³/mol. The first-order valence-corrected chi connectivity index (χ1v) is 5.98. The van der Waals surface area contributed by atoms with Crippen molar-refractivity contribution in [1.29, 1.82) is 0 Å². The van der Waals surface area contributed by atoms with E-state index in [1.165, 1.54) is 12.1 Å². The van der Waals surface area contributed by atoms with Gasteiger partial charge in [0.2, 0.25) is 0 Å². The highest BCUT2D eigenvalue weighted by Gasteiger charge is 2.14. The van der Waals surface area contributed by atoms with Crippen LogP contribution in [-0.2, 0) is 0 Å². The fourth-order valence-electron chi connectivity index (χ4n) is 1.48. The van der Waals surface area contributed by atoms with Crippen molar-refractivity contribution in [3.05, 3.63) is 57.8 Å². The van der Waals surface area contributed by atoms with Gasteiger partial charge in [-0.15, -0.1) is 0 Å². The van der Waals surface area contributed by atoms with Crippen LogP contribution in [0.3, 0.4) is 0 Å². The van der Waals surface area contributed by atoms with E-state index < -0.39 is 11.7 Å². The Morgan fingerprint density at radius 1 is 1.21 bits per heavy atom. The van der Waals surface area contributed by atoms with E-state index in [2.05, 4.69) is 5.32 Å². The molecule has 0 bridgehead atoms. The fourth-order valence-corrected chi connectivity index (χ4v) is 1.83. The van der Waals surface area contributed by atoms with E-state index in [0.717, 1.165) is 6.07 Å². The van der Waals surface area contributed by atoms with Crippen molar-refractivity contribution in [2.75, 3.05) is 5.32 Å². The van der Waals surface area contributed by atoms with Gasteiger partial charge in [-0.3, -0.25) is 4.79 Å². The number of carbonyl (C=O) groups excluding carboxylic acids is 1. The predicted octanol–water partition coefficient (Wildman–Crippen LogP) is 4.09. The van der Waals surface area contributed by atoms with Crippen LogP contribution < -0.4 is 5.32 Å². The molecule has 0 aromatic heterocycles. The molecule has 19 heavy (non-hydrogen) atoms. The molecule has 0 radical (unpaired) electrons. The first-order valence-electron chi connectivity index (χ1n) is 5.23. The Kier molecular flexibility index (Phi) is 3.93. The van der Waals surface area contributed by atoms with Crippen LogP contribution in [0, 0.1) is 5.82 Å². The van der Waals surface area contributed by atoms with Gasteiger partial charge in [-0.2, -0.15) is 0 Å². The molecule has 0 saturated carbocycles. The maximum Gasteiger partial charge on any atom is 0.258 e. The Hall–Kier alpha value is -1.78. The maximum atomic E-state index is 13.5. The number of amides is 1. The Balaban J connectivity index is 2.28. The quantitative estimate of drug-likeness (QED) is 0.877. The molecular formula is C13H8Cl2FNO2. The molecule has 0 atom stereocenters. The molecule has 6 heteroatoms. The molecule has 2 aromatic carbocycles. The average molecular weight is 300 g/mol. The lowest BCUT2D eigenvalue weighted by Gasteiger charge is -2.08. The summed E-state index contributed by atoms with van der Waals surface area (Å²) in [5.74, 6) is -1.76. The molecule has 0 unspecified atom stereocenters. The second-order valence-corrected chi connectivity index (χ2v) is 4.50. The lowest BCUT2D eigenvalue weighted by molar-refractivity contribution is 0.102. The highest BCUT2D eigenvalue weighted by molar-refractivity contribution is 6.44. The highest BCUT2D eigenvalue weighted by atomic mass is 35.5. The zero-order chi connectivity index (χ0) is 14.0. The number of halogens is 3. The van der Waals surface area contributed by atoms with Crippen LogP contribution in [0.1, 0.15) is 10.4 Å². The summed E-state index contributed by atoms with van der Waals surface area (Å²) in [5, 5.41) is 12.0. The first kappa shape index (κ1) is 13.6. The summed E-state index contributed by atoms with van der Waals surface area (Å²) >= 11 is 11.7. The van der Waals surface area contributed by atoms with E-state index in [0.29, 0.717) is 0 Å². The van der Waals surface area contributed by atoms with Gasteiger partial charge in [0.1, 0.15) is 11.6 Å². The summed E-state index contributed by atoms with van der Waals surface area (Å²) in [6.45, 7) is 0. The summed E-state index contributed by atoms with van der Waals surface area (Å²) in [6.07, 6.45) is 0. The molecule has 3 nitrogen and oxygen atoms in total. The molecule has 0 heterocycles. The van der Waals surface area contributed by atoms with E-state index in [1.54, 1.807) is 18.2 Å². The van der Waals surface area contributed by atoms with Crippen molar-refractivity contribution in [3.63, 3.8) is 0 Å². The third-order valence-electron chi connectivity index (χ3n) is 2.40. The van der Waals surface area contributed by atoms with Crippen molar-refractivity contribution < 1.29 is 14.3 Å². The second-order valence-electron chi connectivity index (χ2n) is 3.72. The largest absolute Gasteiger partial charge is 0.508 e. The number of hydrogen-bond acceptors (Lipinski definition) is 2. The van der Waals surface area contributed by atoms with Crippen molar-refractivity contribution in [2.24, 2.45) is 0 Å². The minimum absolute atomic E-state index is 0.178. The van der Waals surface area contributed by atoms with Crippen molar-refractivity contribution in [2.45, 2.75) is 0 Å². The van der Waals surface area contributed by atoms with E-state index in [9.17, 15) is 9.18 Å². The van der Waals surface area contributed by atoms with Crippen LogP contribution >= 0.6 is 23.2 Å².